The lowest BCUT2D eigenvalue weighted by Gasteiger charge is -2.08. The van der Waals surface area contributed by atoms with Crippen molar-refractivity contribution in [2.75, 3.05) is 11.9 Å². The van der Waals surface area contributed by atoms with E-state index in [9.17, 15) is 22.8 Å². The van der Waals surface area contributed by atoms with E-state index >= 15 is 0 Å². The molecule has 3 aromatic rings. The van der Waals surface area contributed by atoms with E-state index in [0.29, 0.717) is 42.8 Å². The molecule has 0 radical (unpaired) electrons. The van der Waals surface area contributed by atoms with Crippen LogP contribution in [0.5, 0.6) is 0 Å². The van der Waals surface area contributed by atoms with Gasteiger partial charge in [0.1, 0.15) is 11.3 Å². The summed E-state index contributed by atoms with van der Waals surface area (Å²) in [5.74, 6) is -5.08. The highest BCUT2D eigenvalue weighted by molar-refractivity contribution is 5.94. The summed E-state index contributed by atoms with van der Waals surface area (Å²) in [6, 6.07) is 7.22. The van der Waals surface area contributed by atoms with Gasteiger partial charge in [0, 0.05) is 19.2 Å². The normalized spacial score (nSPS) is 10.9. The van der Waals surface area contributed by atoms with Crippen LogP contribution in [0.3, 0.4) is 0 Å². The van der Waals surface area contributed by atoms with Crippen molar-refractivity contribution in [1.82, 2.24) is 14.7 Å². The van der Waals surface area contributed by atoms with Crippen molar-refractivity contribution < 1.29 is 22.8 Å². The molecule has 2 amide bonds. The topological polar surface area (TPSA) is 75.5 Å². The zero-order chi connectivity index (χ0) is 21.7. The number of nitrogens with zero attached hydrogens (tertiary/aromatic N) is 2. The Kier molecular flexibility index (Phi) is 6.71. The molecule has 30 heavy (non-hydrogen) atoms. The monoisotopic (exact) mass is 418 g/mol. The fourth-order valence-corrected chi connectivity index (χ4v) is 3.10. The molecule has 0 unspecified atom stereocenters. The highest BCUT2D eigenvalue weighted by atomic mass is 19.2. The molecule has 3 rings (SSSR count). The molecular weight excluding hydrogens is 397 g/mol. The lowest BCUT2D eigenvalue weighted by Crippen LogP contribution is -2.26. The predicted octanol–water partition coefficient (Wildman–Crippen LogP) is 3.99. The Labute approximate surface area is 171 Å². The molecule has 0 bridgehead atoms. The van der Waals surface area contributed by atoms with Gasteiger partial charge in [0.2, 0.25) is 5.91 Å². The molecule has 0 fully saturated rings. The number of carbonyl (C=O) groups excluding carboxylic acids is 2. The first-order valence-corrected chi connectivity index (χ1v) is 9.53. The zero-order valence-electron chi connectivity index (χ0n) is 16.3. The molecule has 0 atom stereocenters. The Morgan fingerprint density at radius 1 is 1.03 bits per heavy atom. The summed E-state index contributed by atoms with van der Waals surface area (Å²) in [7, 11) is 0. The summed E-state index contributed by atoms with van der Waals surface area (Å²) in [5.41, 5.74) is 1.43. The number of pyridine rings is 1. The van der Waals surface area contributed by atoms with Crippen molar-refractivity contribution in [3.8, 4) is 0 Å². The van der Waals surface area contributed by atoms with Crippen LogP contribution in [0.2, 0.25) is 0 Å². The van der Waals surface area contributed by atoms with Crippen molar-refractivity contribution >= 4 is 23.1 Å². The number of unbranched alkanes of at least 4 members (excludes halogenated alkanes) is 2. The van der Waals surface area contributed by atoms with Crippen LogP contribution in [0.15, 0.2) is 36.5 Å². The second-order valence-electron chi connectivity index (χ2n) is 6.81. The van der Waals surface area contributed by atoms with E-state index in [4.69, 9.17) is 0 Å². The first-order valence-electron chi connectivity index (χ1n) is 9.53. The highest BCUT2D eigenvalue weighted by Gasteiger charge is 2.16. The molecule has 0 saturated heterocycles. The van der Waals surface area contributed by atoms with Crippen LogP contribution in [-0.4, -0.2) is 27.7 Å². The Morgan fingerprint density at radius 2 is 1.83 bits per heavy atom. The molecule has 0 saturated carbocycles. The molecule has 0 aliphatic carbocycles. The minimum absolute atomic E-state index is 0.0960. The fraction of sp³-hybridized carbons (Fsp3) is 0.286. The van der Waals surface area contributed by atoms with Gasteiger partial charge in [-0.15, -0.1) is 0 Å². The molecule has 0 aliphatic heterocycles. The summed E-state index contributed by atoms with van der Waals surface area (Å²) >= 11 is 0. The summed E-state index contributed by atoms with van der Waals surface area (Å²) in [6.07, 6.45) is 3.67. The standard InChI is InChI=1S/C21H21F3N4O2/c1-13-20(28-12-6-4-7-16(28)26-13)21(30)25-11-5-2-3-8-17(29)27-15-10-9-14(22)18(23)19(15)24/h4,6-7,9-10,12H,2-3,5,8,11H2,1H3,(H,25,30)(H,27,29). The number of hydrogen-bond donors (Lipinski definition) is 2. The van der Waals surface area contributed by atoms with E-state index in [1.54, 1.807) is 17.5 Å². The number of aryl methyl sites for hydroxylation is 1. The molecule has 0 aliphatic rings. The van der Waals surface area contributed by atoms with Crippen molar-refractivity contribution in [1.29, 1.82) is 0 Å². The quantitative estimate of drug-likeness (QED) is 0.429. The van der Waals surface area contributed by atoms with Crippen molar-refractivity contribution in [3.63, 3.8) is 0 Å². The van der Waals surface area contributed by atoms with Crippen molar-refractivity contribution in [2.24, 2.45) is 0 Å². The van der Waals surface area contributed by atoms with Crippen LogP contribution in [0.1, 0.15) is 41.9 Å². The number of imidazole rings is 1. The van der Waals surface area contributed by atoms with E-state index in [1.807, 2.05) is 18.2 Å². The molecule has 6 nitrogen and oxygen atoms in total. The van der Waals surface area contributed by atoms with Gasteiger partial charge in [-0.2, -0.15) is 0 Å². The summed E-state index contributed by atoms with van der Waals surface area (Å²) in [6.45, 7) is 2.20. The van der Waals surface area contributed by atoms with E-state index in [1.165, 1.54) is 0 Å². The smallest absolute Gasteiger partial charge is 0.270 e. The Hall–Kier alpha value is -3.36. The van der Waals surface area contributed by atoms with Crippen LogP contribution in [0, 0.1) is 24.4 Å². The number of aromatic nitrogens is 2. The number of amides is 2. The first kappa shape index (κ1) is 21.4. The van der Waals surface area contributed by atoms with E-state index in [-0.39, 0.29) is 12.3 Å². The Balaban J connectivity index is 1.39. The third-order valence-electron chi connectivity index (χ3n) is 4.59. The van der Waals surface area contributed by atoms with Gasteiger partial charge in [0.15, 0.2) is 17.5 Å². The maximum absolute atomic E-state index is 13.6. The number of anilines is 1. The minimum Gasteiger partial charge on any atom is -0.351 e. The van der Waals surface area contributed by atoms with Gasteiger partial charge >= 0.3 is 0 Å². The summed E-state index contributed by atoms with van der Waals surface area (Å²) in [4.78, 5) is 28.6. The third kappa shape index (κ3) is 4.79. The van der Waals surface area contributed by atoms with Crippen molar-refractivity contribution in [3.05, 3.63) is 65.4 Å². The largest absolute Gasteiger partial charge is 0.351 e. The molecular formula is C21H21F3N4O2. The number of carbonyl (C=O) groups is 2. The molecule has 9 heteroatoms. The fourth-order valence-electron chi connectivity index (χ4n) is 3.10. The molecule has 1 aromatic carbocycles. The van der Waals surface area contributed by atoms with Crippen LogP contribution < -0.4 is 10.6 Å². The van der Waals surface area contributed by atoms with Gasteiger partial charge in [-0.05, 0) is 44.0 Å². The van der Waals surface area contributed by atoms with Crippen LogP contribution >= 0.6 is 0 Å². The number of nitrogens with one attached hydrogen (secondary N) is 2. The highest BCUT2D eigenvalue weighted by Crippen LogP contribution is 2.20. The van der Waals surface area contributed by atoms with Crippen LogP contribution in [0.4, 0.5) is 18.9 Å². The SMILES string of the molecule is Cc1nc2ccccn2c1C(=O)NCCCCCC(=O)Nc1ccc(F)c(F)c1F. The number of benzene rings is 1. The van der Waals surface area contributed by atoms with Crippen LogP contribution in [0.25, 0.3) is 5.65 Å². The van der Waals surface area contributed by atoms with Crippen LogP contribution in [-0.2, 0) is 4.79 Å². The van der Waals surface area contributed by atoms with Gasteiger partial charge in [0.25, 0.3) is 5.91 Å². The third-order valence-corrected chi connectivity index (χ3v) is 4.59. The van der Waals surface area contributed by atoms with E-state index in [2.05, 4.69) is 15.6 Å². The first-order chi connectivity index (χ1) is 14.4. The number of halogens is 3. The average molecular weight is 418 g/mol. The van der Waals surface area contributed by atoms with E-state index < -0.39 is 29.0 Å². The zero-order valence-corrected chi connectivity index (χ0v) is 16.3. The van der Waals surface area contributed by atoms with E-state index in [0.717, 1.165) is 12.1 Å². The van der Waals surface area contributed by atoms with Crippen molar-refractivity contribution in [2.45, 2.75) is 32.6 Å². The predicted molar refractivity (Wildman–Crippen MR) is 106 cm³/mol. The molecule has 2 aromatic heterocycles. The second-order valence-corrected chi connectivity index (χ2v) is 6.81. The summed E-state index contributed by atoms with van der Waals surface area (Å²) < 4.78 is 41.4. The van der Waals surface area contributed by atoms with Gasteiger partial charge in [-0.1, -0.05) is 12.5 Å². The summed E-state index contributed by atoms with van der Waals surface area (Å²) in [5, 5.41) is 5.07. The lowest BCUT2D eigenvalue weighted by atomic mass is 10.1. The van der Waals surface area contributed by atoms with Gasteiger partial charge in [-0.25, -0.2) is 18.2 Å². The molecule has 2 N–H and O–H groups in total. The maximum atomic E-state index is 13.6. The molecule has 158 valence electrons. The molecule has 0 spiro atoms. The Bertz CT molecular complexity index is 1080. The minimum atomic E-state index is -1.62. The van der Waals surface area contributed by atoms with Gasteiger partial charge < -0.3 is 10.6 Å². The number of rotatable bonds is 8. The van der Waals surface area contributed by atoms with Gasteiger partial charge in [0.05, 0.1) is 11.4 Å². The number of hydrogen-bond acceptors (Lipinski definition) is 3. The maximum Gasteiger partial charge on any atom is 0.270 e. The lowest BCUT2D eigenvalue weighted by molar-refractivity contribution is -0.116. The average Bonchev–Trinajstić information content (AvgIpc) is 3.06. The molecule has 2 heterocycles. The number of fused-ring (bicyclic) bond motifs is 1. The Morgan fingerprint density at radius 3 is 2.63 bits per heavy atom. The van der Waals surface area contributed by atoms with Gasteiger partial charge in [-0.3, -0.25) is 14.0 Å². The second kappa shape index (κ2) is 9.43.